The first-order valence-corrected chi connectivity index (χ1v) is 8.43. The largest absolute Gasteiger partial charge is 0.481 e. The smallest absolute Gasteiger partial charge is 0.326 e. The second-order valence-corrected chi connectivity index (χ2v) is 7.62. The molecule has 2 rings (SSSR count). The molecule has 0 aliphatic heterocycles. The minimum atomic E-state index is -0.969. The fourth-order valence-electron chi connectivity index (χ4n) is 2.44. The van der Waals surface area contributed by atoms with Crippen LogP contribution in [-0.4, -0.2) is 32.2 Å². The molecule has 0 bridgehead atoms. The van der Waals surface area contributed by atoms with Crippen molar-refractivity contribution in [2.45, 2.75) is 46.3 Å². The number of aromatic nitrogens is 2. The number of carbonyl (C=O) groups is 2. The standard InChI is InChI=1S/C16H18BrClN2O4/c1-8-13(17)12-9(5-10(21)22)6-20(14(12)15(18)19-8)7-11(23)24-16(2,3)4/h6H,5,7H2,1-4H3,(H,21,22). The van der Waals surface area contributed by atoms with Crippen LogP contribution in [0.3, 0.4) is 0 Å². The van der Waals surface area contributed by atoms with Gasteiger partial charge in [-0.05, 0) is 49.2 Å². The van der Waals surface area contributed by atoms with Gasteiger partial charge in [0.15, 0.2) is 5.15 Å². The van der Waals surface area contributed by atoms with Gasteiger partial charge >= 0.3 is 11.9 Å². The van der Waals surface area contributed by atoms with E-state index in [2.05, 4.69) is 20.9 Å². The van der Waals surface area contributed by atoms with Crippen LogP contribution in [0.25, 0.3) is 10.9 Å². The molecule has 0 radical (unpaired) electrons. The highest BCUT2D eigenvalue weighted by molar-refractivity contribution is 9.10. The van der Waals surface area contributed by atoms with Gasteiger partial charge in [0.1, 0.15) is 12.1 Å². The lowest BCUT2D eigenvalue weighted by Crippen LogP contribution is -2.26. The summed E-state index contributed by atoms with van der Waals surface area (Å²) in [5.74, 6) is -1.40. The van der Waals surface area contributed by atoms with Crippen LogP contribution in [0.15, 0.2) is 10.7 Å². The number of esters is 1. The first-order valence-electron chi connectivity index (χ1n) is 7.26. The van der Waals surface area contributed by atoms with E-state index in [9.17, 15) is 9.59 Å². The second kappa shape index (κ2) is 6.72. The molecular weight excluding hydrogens is 400 g/mol. The van der Waals surface area contributed by atoms with Crippen molar-refractivity contribution in [2.24, 2.45) is 0 Å². The number of carboxylic acid groups (broad SMARTS) is 1. The highest BCUT2D eigenvalue weighted by atomic mass is 79.9. The van der Waals surface area contributed by atoms with Crippen LogP contribution in [0.2, 0.25) is 5.15 Å². The van der Waals surface area contributed by atoms with Gasteiger partial charge in [0.25, 0.3) is 0 Å². The molecule has 2 heterocycles. The fraction of sp³-hybridized carbons (Fsp3) is 0.438. The first-order chi connectivity index (χ1) is 11.0. The molecule has 130 valence electrons. The van der Waals surface area contributed by atoms with Gasteiger partial charge in [0.2, 0.25) is 0 Å². The van der Waals surface area contributed by atoms with Crippen molar-refractivity contribution >= 4 is 50.4 Å². The van der Waals surface area contributed by atoms with Crippen molar-refractivity contribution in [3.05, 3.63) is 27.1 Å². The van der Waals surface area contributed by atoms with Crippen LogP contribution in [-0.2, 0) is 27.3 Å². The van der Waals surface area contributed by atoms with E-state index in [0.717, 1.165) is 0 Å². The van der Waals surface area contributed by atoms with Crippen LogP contribution in [0.4, 0.5) is 0 Å². The zero-order valence-electron chi connectivity index (χ0n) is 13.8. The molecule has 1 N–H and O–H groups in total. The van der Waals surface area contributed by atoms with Crippen molar-refractivity contribution in [1.29, 1.82) is 0 Å². The summed E-state index contributed by atoms with van der Waals surface area (Å²) in [4.78, 5) is 27.5. The molecule has 0 saturated heterocycles. The van der Waals surface area contributed by atoms with Crippen LogP contribution in [0.1, 0.15) is 32.0 Å². The number of fused-ring (bicyclic) bond motifs is 1. The molecule has 2 aromatic rings. The Kier molecular flexibility index (Phi) is 5.25. The molecule has 6 nitrogen and oxygen atoms in total. The minimum absolute atomic E-state index is 0.0791. The number of ether oxygens (including phenoxy) is 1. The predicted octanol–water partition coefficient (Wildman–Crippen LogP) is 3.73. The lowest BCUT2D eigenvalue weighted by molar-refractivity contribution is -0.155. The summed E-state index contributed by atoms with van der Waals surface area (Å²) in [5, 5.41) is 10.0. The van der Waals surface area contributed by atoms with Gasteiger partial charge in [0, 0.05) is 16.1 Å². The van der Waals surface area contributed by atoms with E-state index in [1.165, 1.54) is 0 Å². The zero-order chi connectivity index (χ0) is 18.2. The monoisotopic (exact) mass is 416 g/mol. The molecule has 0 saturated carbocycles. The molecule has 0 aromatic carbocycles. The number of nitrogens with zero attached hydrogens (tertiary/aromatic N) is 2. The van der Waals surface area contributed by atoms with E-state index in [1.54, 1.807) is 38.5 Å². The van der Waals surface area contributed by atoms with Crippen molar-refractivity contribution < 1.29 is 19.4 Å². The second-order valence-electron chi connectivity index (χ2n) is 6.46. The van der Waals surface area contributed by atoms with Crippen LogP contribution in [0, 0.1) is 6.92 Å². The molecule has 24 heavy (non-hydrogen) atoms. The maximum atomic E-state index is 12.1. The summed E-state index contributed by atoms with van der Waals surface area (Å²) >= 11 is 9.69. The van der Waals surface area contributed by atoms with E-state index in [0.29, 0.717) is 26.6 Å². The number of hydrogen-bond donors (Lipinski definition) is 1. The van der Waals surface area contributed by atoms with Crippen molar-refractivity contribution in [1.82, 2.24) is 9.55 Å². The Morgan fingerprint density at radius 3 is 2.58 bits per heavy atom. The van der Waals surface area contributed by atoms with E-state index < -0.39 is 17.5 Å². The summed E-state index contributed by atoms with van der Waals surface area (Å²) in [6, 6.07) is 0. The Morgan fingerprint density at radius 2 is 2.04 bits per heavy atom. The van der Waals surface area contributed by atoms with Gasteiger partial charge in [-0.15, -0.1) is 0 Å². The van der Waals surface area contributed by atoms with Gasteiger partial charge in [-0.3, -0.25) is 9.59 Å². The predicted molar refractivity (Wildman–Crippen MR) is 94.4 cm³/mol. The summed E-state index contributed by atoms with van der Waals surface area (Å²) in [7, 11) is 0. The quantitative estimate of drug-likeness (QED) is 0.605. The van der Waals surface area contributed by atoms with E-state index in [4.69, 9.17) is 21.4 Å². The Bertz CT molecular complexity index is 824. The molecule has 0 aliphatic rings. The molecule has 0 spiro atoms. The van der Waals surface area contributed by atoms with E-state index in [-0.39, 0.29) is 18.1 Å². The number of halogens is 2. The number of pyridine rings is 1. The third-order valence-electron chi connectivity index (χ3n) is 3.22. The lowest BCUT2D eigenvalue weighted by Gasteiger charge is -2.19. The first kappa shape index (κ1) is 18.7. The van der Waals surface area contributed by atoms with Crippen molar-refractivity contribution in [3.63, 3.8) is 0 Å². The third-order valence-corrected chi connectivity index (χ3v) is 4.45. The average molecular weight is 418 g/mol. The maximum Gasteiger partial charge on any atom is 0.326 e. The molecule has 0 fully saturated rings. The number of carbonyl (C=O) groups excluding carboxylic acids is 1. The van der Waals surface area contributed by atoms with Gasteiger partial charge in [-0.2, -0.15) is 0 Å². The normalized spacial score (nSPS) is 11.8. The summed E-state index contributed by atoms with van der Waals surface area (Å²) in [6.45, 7) is 7.03. The topological polar surface area (TPSA) is 81.4 Å². The van der Waals surface area contributed by atoms with E-state index >= 15 is 0 Å². The van der Waals surface area contributed by atoms with Crippen LogP contribution in [0.5, 0.6) is 0 Å². The molecule has 8 heteroatoms. The van der Waals surface area contributed by atoms with Gasteiger partial charge in [-0.1, -0.05) is 11.6 Å². The fourth-order valence-corrected chi connectivity index (χ4v) is 3.31. The Labute approximate surface area is 152 Å². The molecular formula is C16H18BrClN2O4. The van der Waals surface area contributed by atoms with Crippen molar-refractivity contribution in [2.75, 3.05) is 0 Å². The minimum Gasteiger partial charge on any atom is -0.481 e. The zero-order valence-corrected chi connectivity index (χ0v) is 16.2. The molecule has 0 atom stereocenters. The lowest BCUT2D eigenvalue weighted by atomic mass is 10.1. The van der Waals surface area contributed by atoms with Gasteiger partial charge < -0.3 is 14.4 Å². The Balaban J connectivity index is 2.56. The van der Waals surface area contributed by atoms with E-state index in [1.807, 2.05) is 0 Å². The average Bonchev–Trinajstić information content (AvgIpc) is 2.71. The highest BCUT2D eigenvalue weighted by Crippen LogP contribution is 2.35. The molecule has 0 unspecified atom stereocenters. The molecule has 2 aromatic heterocycles. The number of hydrogen-bond acceptors (Lipinski definition) is 4. The van der Waals surface area contributed by atoms with Crippen LogP contribution < -0.4 is 0 Å². The number of carboxylic acids is 1. The molecule has 0 aliphatic carbocycles. The Morgan fingerprint density at radius 1 is 1.42 bits per heavy atom. The Hall–Kier alpha value is -1.60. The number of aryl methyl sites for hydroxylation is 1. The summed E-state index contributed by atoms with van der Waals surface area (Å²) in [5.41, 5.74) is 1.11. The summed E-state index contributed by atoms with van der Waals surface area (Å²) < 4.78 is 7.58. The van der Waals surface area contributed by atoms with Crippen LogP contribution >= 0.6 is 27.5 Å². The van der Waals surface area contributed by atoms with Gasteiger partial charge in [0.05, 0.1) is 17.6 Å². The summed E-state index contributed by atoms with van der Waals surface area (Å²) in [6.07, 6.45) is 1.43. The highest BCUT2D eigenvalue weighted by Gasteiger charge is 2.22. The molecule has 0 amide bonds. The number of aliphatic carboxylic acids is 1. The third kappa shape index (κ3) is 4.08. The number of rotatable bonds is 4. The van der Waals surface area contributed by atoms with Crippen molar-refractivity contribution in [3.8, 4) is 0 Å². The van der Waals surface area contributed by atoms with Gasteiger partial charge in [-0.25, -0.2) is 4.98 Å². The maximum absolute atomic E-state index is 12.1. The SMILES string of the molecule is Cc1nc(Cl)c2c(c(CC(=O)O)cn2CC(=O)OC(C)(C)C)c1Br.